The standard InChI is InChI=1S/C27H22F2N4O4S/c1-15-8-20(37-25-5-3-2-4-22(25)28)6-7-24(15)33-27(30)21(13-32-33)26(34)18-9-16-11-19(14-38(31,35)36)23(29)12-17(16)10-18/h2-8,10-13H,9,14,30H2,1H3,(H2,31,35,36). The molecule has 0 aliphatic heterocycles. The fraction of sp³-hybridized carbons (Fsp3) is 0.111. The van der Waals surface area contributed by atoms with Crippen LogP contribution in [0.15, 0.2) is 66.4 Å². The van der Waals surface area contributed by atoms with E-state index in [1.165, 1.54) is 35.1 Å². The van der Waals surface area contributed by atoms with Gasteiger partial charge >= 0.3 is 0 Å². The van der Waals surface area contributed by atoms with E-state index in [0.29, 0.717) is 28.1 Å². The molecular formula is C27H22F2N4O4S. The number of hydrogen-bond acceptors (Lipinski definition) is 6. The lowest BCUT2D eigenvalue weighted by Crippen LogP contribution is -2.15. The number of nitrogen functional groups attached to an aromatic ring is 1. The van der Waals surface area contributed by atoms with Crippen LogP contribution in [0.1, 0.15) is 32.6 Å². The second kappa shape index (κ2) is 9.51. The largest absolute Gasteiger partial charge is 0.454 e. The maximum atomic E-state index is 14.4. The normalized spacial score (nSPS) is 12.8. The molecule has 0 atom stereocenters. The highest BCUT2D eigenvalue weighted by Gasteiger charge is 2.26. The van der Waals surface area contributed by atoms with Crippen LogP contribution in [0.3, 0.4) is 0 Å². The van der Waals surface area contributed by atoms with Gasteiger partial charge < -0.3 is 10.5 Å². The molecule has 4 aromatic rings. The molecule has 0 saturated carbocycles. The summed E-state index contributed by atoms with van der Waals surface area (Å²) in [5, 5.41) is 9.34. The van der Waals surface area contributed by atoms with Gasteiger partial charge in [-0.2, -0.15) is 5.10 Å². The molecule has 0 spiro atoms. The van der Waals surface area contributed by atoms with Crippen molar-refractivity contribution in [2.24, 2.45) is 5.14 Å². The van der Waals surface area contributed by atoms with E-state index < -0.39 is 27.4 Å². The van der Waals surface area contributed by atoms with E-state index in [1.54, 1.807) is 43.3 Å². The Balaban J connectivity index is 1.38. The number of ether oxygens (including phenoxy) is 1. The zero-order chi connectivity index (χ0) is 27.2. The van der Waals surface area contributed by atoms with Crippen LogP contribution in [0.2, 0.25) is 0 Å². The zero-order valence-electron chi connectivity index (χ0n) is 20.1. The molecule has 0 radical (unpaired) electrons. The number of aryl methyl sites for hydroxylation is 1. The first-order valence-corrected chi connectivity index (χ1v) is 13.2. The van der Waals surface area contributed by atoms with Crippen LogP contribution in [0.25, 0.3) is 11.8 Å². The Morgan fingerprint density at radius 2 is 1.87 bits per heavy atom. The van der Waals surface area contributed by atoms with Crippen molar-refractivity contribution < 1.29 is 26.7 Å². The van der Waals surface area contributed by atoms with Crippen LogP contribution in [0.4, 0.5) is 14.6 Å². The molecule has 0 bridgehead atoms. The Hall–Kier alpha value is -4.35. The SMILES string of the molecule is Cc1cc(Oc2ccccc2F)ccc1-n1ncc(C(=O)C2=Cc3cc(F)c(CS(N)(=O)=O)cc3C2)c1N. The molecule has 0 unspecified atom stereocenters. The number of para-hydroxylation sites is 1. The number of rotatable bonds is 7. The molecular weight excluding hydrogens is 514 g/mol. The Morgan fingerprint density at radius 3 is 2.58 bits per heavy atom. The van der Waals surface area contributed by atoms with Crippen molar-refractivity contribution in [3.8, 4) is 17.2 Å². The number of halogens is 2. The molecule has 1 aromatic heterocycles. The molecule has 1 heterocycles. The first-order valence-electron chi connectivity index (χ1n) is 11.4. The average molecular weight is 537 g/mol. The number of fused-ring (bicyclic) bond motifs is 1. The molecule has 0 fully saturated rings. The summed E-state index contributed by atoms with van der Waals surface area (Å²) in [6.45, 7) is 1.80. The predicted molar refractivity (Wildman–Crippen MR) is 138 cm³/mol. The van der Waals surface area contributed by atoms with Crippen LogP contribution in [-0.2, 0) is 22.2 Å². The highest BCUT2D eigenvalue weighted by molar-refractivity contribution is 7.88. The van der Waals surface area contributed by atoms with Crippen LogP contribution < -0.4 is 15.6 Å². The Bertz CT molecular complexity index is 1750. The minimum absolute atomic E-state index is 0.0569. The van der Waals surface area contributed by atoms with E-state index >= 15 is 0 Å². The van der Waals surface area contributed by atoms with E-state index in [-0.39, 0.29) is 34.9 Å². The Kier molecular flexibility index (Phi) is 6.33. The van der Waals surface area contributed by atoms with E-state index in [2.05, 4.69) is 5.10 Å². The minimum Gasteiger partial charge on any atom is -0.454 e. The van der Waals surface area contributed by atoms with Crippen molar-refractivity contribution in [1.29, 1.82) is 0 Å². The van der Waals surface area contributed by atoms with E-state index in [4.69, 9.17) is 15.6 Å². The summed E-state index contributed by atoms with van der Waals surface area (Å²) >= 11 is 0. The van der Waals surface area contributed by atoms with Crippen LogP contribution in [0.5, 0.6) is 11.5 Å². The molecule has 0 amide bonds. The molecule has 0 saturated heterocycles. The number of allylic oxidation sites excluding steroid dienone is 1. The monoisotopic (exact) mass is 536 g/mol. The fourth-order valence-electron chi connectivity index (χ4n) is 4.37. The zero-order valence-corrected chi connectivity index (χ0v) is 20.9. The number of primary sulfonamides is 1. The quantitative estimate of drug-likeness (QED) is 0.336. The minimum atomic E-state index is -3.92. The van der Waals surface area contributed by atoms with Gasteiger partial charge in [-0.05, 0) is 66.1 Å². The summed E-state index contributed by atoms with van der Waals surface area (Å²) in [7, 11) is -3.92. The third-order valence-corrected chi connectivity index (χ3v) is 6.89. The fourth-order valence-corrected chi connectivity index (χ4v) is 5.03. The number of nitrogens with two attached hydrogens (primary N) is 2. The number of Topliss-reactive ketones (excluding diaryl/α,β-unsaturated/α-hetero) is 1. The number of aromatic nitrogens is 2. The number of sulfonamides is 1. The van der Waals surface area contributed by atoms with Gasteiger partial charge in [-0.15, -0.1) is 0 Å². The van der Waals surface area contributed by atoms with Gasteiger partial charge in [-0.25, -0.2) is 27.0 Å². The van der Waals surface area contributed by atoms with Crippen molar-refractivity contribution in [3.05, 3.63) is 106 Å². The number of carbonyl (C=O) groups is 1. The molecule has 1 aliphatic carbocycles. The second-order valence-corrected chi connectivity index (χ2v) is 10.6. The molecule has 8 nitrogen and oxygen atoms in total. The van der Waals surface area contributed by atoms with Crippen molar-refractivity contribution in [1.82, 2.24) is 9.78 Å². The summed E-state index contributed by atoms with van der Waals surface area (Å²) in [6, 6.07) is 13.7. The molecule has 5 rings (SSSR count). The number of ketones is 1. The molecule has 38 heavy (non-hydrogen) atoms. The highest BCUT2D eigenvalue weighted by atomic mass is 32.2. The van der Waals surface area contributed by atoms with Crippen LogP contribution >= 0.6 is 0 Å². The van der Waals surface area contributed by atoms with Gasteiger partial charge in [-0.3, -0.25) is 4.79 Å². The second-order valence-electron chi connectivity index (χ2n) is 8.96. The lowest BCUT2D eigenvalue weighted by Gasteiger charge is -2.12. The van der Waals surface area contributed by atoms with E-state index in [0.717, 1.165) is 5.56 Å². The first kappa shape index (κ1) is 25.3. The number of anilines is 1. The Labute approximate surface area is 217 Å². The maximum absolute atomic E-state index is 14.4. The number of carbonyl (C=O) groups excluding carboxylic acids is 1. The molecule has 4 N–H and O–H groups in total. The highest BCUT2D eigenvalue weighted by Crippen LogP contribution is 2.32. The summed E-state index contributed by atoms with van der Waals surface area (Å²) in [6.07, 6.45) is 3.09. The van der Waals surface area contributed by atoms with E-state index in [1.807, 2.05) is 0 Å². The summed E-state index contributed by atoms with van der Waals surface area (Å²) < 4.78 is 58.2. The van der Waals surface area contributed by atoms with Crippen molar-refractivity contribution >= 4 is 27.7 Å². The number of benzene rings is 3. The van der Waals surface area contributed by atoms with Crippen molar-refractivity contribution in [3.63, 3.8) is 0 Å². The van der Waals surface area contributed by atoms with Gasteiger partial charge in [0.25, 0.3) is 0 Å². The molecule has 3 aromatic carbocycles. The lowest BCUT2D eigenvalue weighted by atomic mass is 10.0. The molecule has 11 heteroatoms. The average Bonchev–Trinajstić information content (AvgIpc) is 3.43. The van der Waals surface area contributed by atoms with Gasteiger partial charge in [-0.1, -0.05) is 18.2 Å². The third-order valence-electron chi connectivity index (χ3n) is 6.18. The van der Waals surface area contributed by atoms with Crippen LogP contribution in [-0.4, -0.2) is 24.0 Å². The third kappa shape index (κ3) is 4.93. The smallest absolute Gasteiger partial charge is 0.213 e. The summed E-state index contributed by atoms with van der Waals surface area (Å²) in [4.78, 5) is 13.3. The molecule has 194 valence electrons. The van der Waals surface area contributed by atoms with Gasteiger partial charge in [0.2, 0.25) is 10.0 Å². The van der Waals surface area contributed by atoms with Crippen LogP contribution in [0, 0.1) is 18.6 Å². The number of nitrogens with zero attached hydrogens (tertiary/aromatic N) is 2. The summed E-state index contributed by atoms with van der Waals surface area (Å²) in [5.74, 6) is -1.60. The first-order chi connectivity index (χ1) is 18.0. The topological polar surface area (TPSA) is 130 Å². The maximum Gasteiger partial charge on any atom is 0.213 e. The van der Waals surface area contributed by atoms with Crippen molar-refractivity contribution in [2.75, 3.05) is 5.73 Å². The van der Waals surface area contributed by atoms with Gasteiger partial charge in [0.15, 0.2) is 17.3 Å². The van der Waals surface area contributed by atoms with Gasteiger partial charge in [0, 0.05) is 17.6 Å². The predicted octanol–water partition coefficient (Wildman–Crippen LogP) is 4.44. The van der Waals surface area contributed by atoms with E-state index in [9.17, 15) is 22.0 Å². The summed E-state index contributed by atoms with van der Waals surface area (Å²) in [5.41, 5.74) is 9.20. The van der Waals surface area contributed by atoms with Gasteiger partial charge in [0.1, 0.15) is 17.4 Å². The lowest BCUT2D eigenvalue weighted by molar-refractivity contribution is 0.103. The van der Waals surface area contributed by atoms with Gasteiger partial charge in [0.05, 0.1) is 23.2 Å². The Morgan fingerprint density at radius 1 is 1.11 bits per heavy atom. The number of hydrogen-bond donors (Lipinski definition) is 2. The molecule has 1 aliphatic rings. The van der Waals surface area contributed by atoms with Crippen molar-refractivity contribution in [2.45, 2.75) is 19.1 Å².